The smallest absolute Gasteiger partial charge is 0.124 e. The minimum atomic E-state index is 0.271. The van der Waals surface area contributed by atoms with E-state index in [9.17, 15) is 0 Å². The number of rotatable bonds is 6. The minimum Gasteiger partial charge on any atom is -0.494 e. The van der Waals surface area contributed by atoms with Crippen LogP contribution in [0.4, 0.5) is 0 Å². The maximum absolute atomic E-state index is 6.11. The van der Waals surface area contributed by atoms with Crippen molar-refractivity contribution in [3.63, 3.8) is 0 Å². The summed E-state index contributed by atoms with van der Waals surface area (Å²) < 4.78 is 5.79. The van der Waals surface area contributed by atoms with Crippen LogP contribution in [0.5, 0.6) is 5.75 Å². The molecule has 3 nitrogen and oxygen atoms in total. The lowest BCUT2D eigenvalue weighted by atomic mass is 9.98. The van der Waals surface area contributed by atoms with Gasteiger partial charge in [0.15, 0.2) is 0 Å². The molecule has 1 saturated heterocycles. The van der Waals surface area contributed by atoms with E-state index in [2.05, 4.69) is 36.9 Å². The molecule has 1 aromatic rings. The van der Waals surface area contributed by atoms with Gasteiger partial charge in [0.2, 0.25) is 0 Å². The average molecular weight is 276 g/mol. The molecule has 20 heavy (non-hydrogen) atoms. The van der Waals surface area contributed by atoms with Gasteiger partial charge < -0.3 is 10.5 Å². The Labute approximate surface area is 123 Å². The van der Waals surface area contributed by atoms with Gasteiger partial charge in [-0.3, -0.25) is 4.90 Å². The highest BCUT2D eigenvalue weighted by molar-refractivity contribution is 5.36. The predicted octanol–water partition coefficient (Wildman–Crippen LogP) is 3.21. The summed E-state index contributed by atoms with van der Waals surface area (Å²) >= 11 is 0. The van der Waals surface area contributed by atoms with Gasteiger partial charge in [0.25, 0.3) is 0 Å². The number of benzene rings is 1. The third kappa shape index (κ3) is 3.15. The summed E-state index contributed by atoms with van der Waals surface area (Å²) in [7, 11) is 0. The van der Waals surface area contributed by atoms with Gasteiger partial charge in [0.1, 0.15) is 5.75 Å². The summed E-state index contributed by atoms with van der Waals surface area (Å²) in [6.45, 7) is 9.14. The zero-order chi connectivity index (χ0) is 14.5. The summed E-state index contributed by atoms with van der Waals surface area (Å²) in [5.74, 6) is 1.66. The van der Waals surface area contributed by atoms with E-state index in [0.717, 1.165) is 12.3 Å². The summed E-state index contributed by atoms with van der Waals surface area (Å²) in [6, 6.07) is 9.25. The van der Waals surface area contributed by atoms with Crippen LogP contribution in [-0.2, 0) is 0 Å². The van der Waals surface area contributed by atoms with E-state index < -0.39 is 0 Å². The molecular formula is C17H28N2O. The van der Waals surface area contributed by atoms with E-state index in [4.69, 9.17) is 10.5 Å². The van der Waals surface area contributed by atoms with Crippen LogP contribution in [0.1, 0.15) is 45.2 Å². The first kappa shape index (κ1) is 15.3. The third-order valence-electron chi connectivity index (χ3n) is 4.31. The summed E-state index contributed by atoms with van der Waals surface area (Å²) in [6.07, 6.45) is 2.56. The molecule has 3 heteroatoms. The Morgan fingerprint density at radius 2 is 2.10 bits per heavy atom. The highest BCUT2D eigenvalue weighted by atomic mass is 16.5. The second kappa shape index (κ2) is 7.09. The maximum atomic E-state index is 6.11. The van der Waals surface area contributed by atoms with Gasteiger partial charge >= 0.3 is 0 Å². The van der Waals surface area contributed by atoms with Crippen LogP contribution >= 0.6 is 0 Å². The van der Waals surface area contributed by atoms with Crippen molar-refractivity contribution in [2.75, 3.05) is 19.7 Å². The van der Waals surface area contributed by atoms with Crippen LogP contribution in [0.3, 0.4) is 0 Å². The molecular weight excluding hydrogens is 248 g/mol. The molecule has 2 unspecified atom stereocenters. The second-order valence-electron chi connectivity index (χ2n) is 5.91. The molecule has 0 radical (unpaired) electrons. The van der Waals surface area contributed by atoms with Gasteiger partial charge in [-0.1, -0.05) is 32.0 Å². The second-order valence-corrected chi connectivity index (χ2v) is 5.91. The molecule has 0 spiro atoms. The fourth-order valence-electron chi connectivity index (χ4n) is 3.40. The summed E-state index contributed by atoms with van der Waals surface area (Å²) in [5, 5.41) is 0. The van der Waals surface area contributed by atoms with Gasteiger partial charge in [-0.05, 0) is 38.3 Å². The Morgan fingerprint density at radius 1 is 1.35 bits per heavy atom. The van der Waals surface area contributed by atoms with Gasteiger partial charge in [-0.2, -0.15) is 0 Å². The largest absolute Gasteiger partial charge is 0.494 e. The Bertz CT molecular complexity index is 419. The lowest BCUT2D eigenvalue weighted by Gasteiger charge is -2.35. The van der Waals surface area contributed by atoms with Crippen LogP contribution < -0.4 is 10.5 Å². The lowest BCUT2D eigenvalue weighted by Crippen LogP contribution is -2.40. The van der Waals surface area contributed by atoms with Crippen molar-refractivity contribution in [2.45, 2.75) is 45.7 Å². The van der Waals surface area contributed by atoms with Crippen molar-refractivity contribution in [1.29, 1.82) is 0 Å². The van der Waals surface area contributed by atoms with E-state index in [1.54, 1.807) is 0 Å². The van der Waals surface area contributed by atoms with Crippen LogP contribution in [0, 0.1) is 5.92 Å². The maximum Gasteiger partial charge on any atom is 0.124 e. The quantitative estimate of drug-likeness (QED) is 0.867. The minimum absolute atomic E-state index is 0.271. The number of para-hydroxylation sites is 1. The fourth-order valence-corrected chi connectivity index (χ4v) is 3.40. The number of likely N-dealkylation sites (tertiary alicyclic amines) is 1. The van der Waals surface area contributed by atoms with Gasteiger partial charge in [0.05, 0.1) is 12.6 Å². The molecule has 2 atom stereocenters. The fraction of sp³-hybridized carbons (Fsp3) is 0.647. The van der Waals surface area contributed by atoms with Crippen molar-refractivity contribution >= 4 is 0 Å². The molecule has 1 heterocycles. The first-order valence-corrected chi connectivity index (χ1v) is 7.86. The molecule has 2 N–H and O–H groups in total. The van der Waals surface area contributed by atoms with E-state index in [-0.39, 0.29) is 6.04 Å². The van der Waals surface area contributed by atoms with E-state index in [1.165, 1.54) is 18.4 Å². The van der Waals surface area contributed by atoms with E-state index in [1.807, 2.05) is 13.0 Å². The molecule has 2 rings (SSSR count). The van der Waals surface area contributed by atoms with Crippen molar-refractivity contribution in [3.05, 3.63) is 29.8 Å². The Hall–Kier alpha value is -1.06. The first-order chi connectivity index (χ1) is 9.69. The van der Waals surface area contributed by atoms with Crippen LogP contribution in [-0.4, -0.2) is 30.6 Å². The first-order valence-electron chi connectivity index (χ1n) is 7.86. The van der Waals surface area contributed by atoms with Gasteiger partial charge in [0, 0.05) is 18.2 Å². The van der Waals surface area contributed by atoms with Crippen molar-refractivity contribution in [3.8, 4) is 5.75 Å². The lowest BCUT2D eigenvalue weighted by molar-refractivity contribution is 0.146. The summed E-state index contributed by atoms with van der Waals surface area (Å²) in [4.78, 5) is 2.59. The zero-order valence-corrected chi connectivity index (χ0v) is 13.0. The van der Waals surface area contributed by atoms with Gasteiger partial charge in [-0.25, -0.2) is 0 Å². The van der Waals surface area contributed by atoms with Crippen LogP contribution in [0.2, 0.25) is 0 Å². The highest BCUT2D eigenvalue weighted by Gasteiger charge is 2.33. The zero-order valence-electron chi connectivity index (χ0n) is 13.0. The molecule has 0 saturated carbocycles. The number of hydrogen-bond acceptors (Lipinski definition) is 3. The number of ether oxygens (including phenoxy) is 1. The SMILES string of the molecule is CCOc1ccccc1C(CN)N1CCCC1C(C)C. The van der Waals surface area contributed by atoms with Crippen molar-refractivity contribution in [1.82, 2.24) is 4.90 Å². The molecule has 0 aliphatic carbocycles. The average Bonchev–Trinajstić information content (AvgIpc) is 2.91. The third-order valence-corrected chi connectivity index (χ3v) is 4.31. The number of nitrogens with two attached hydrogens (primary N) is 1. The standard InChI is InChI=1S/C17H28N2O/c1-4-20-17-10-6-5-8-14(17)16(12-18)19-11-7-9-15(19)13(2)3/h5-6,8,10,13,15-16H,4,7,9,11-12,18H2,1-3H3. The molecule has 1 aliphatic rings. The monoisotopic (exact) mass is 276 g/mol. The van der Waals surface area contributed by atoms with Crippen LogP contribution in [0.25, 0.3) is 0 Å². The Morgan fingerprint density at radius 3 is 2.75 bits per heavy atom. The molecule has 0 bridgehead atoms. The molecule has 1 aromatic carbocycles. The van der Waals surface area contributed by atoms with Crippen LogP contribution in [0.15, 0.2) is 24.3 Å². The normalized spacial score (nSPS) is 21.4. The molecule has 0 amide bonds. The highest BCUT2D eigenvalue weighted by Crippen LogP contribution is 2.35. The Balaban J connectivity index is 2.28. The molecule has 112 valence electrons. The predicted molar refractivity (Wildman–Crippen MR) is 84.0 cm³/mol. The summed E-state index contributed by atoms with van der Waals surface area (Å²) in [5.41, 5.74) is 7.35. The Kier molecular flexibility index (Phi) is 5.44. The topological polar surface area (TPSA) is 38.5 Å². The molecule has 1 fully saturated rings. The van der Waals surface area contributed by atoms with E-state index in [0.29, 0.717) is 25.1 Å². The molecule has 0 aromatic heterocycles. The molecule has 1 aliphatic heterocycles. The number of hydrogen-bond donors (Lipinski definition) is 1. The van der Waals surface area contributed by atoms with Crippen molar-refractivity contribution in [2.24, 2.45) is 11.7 Å². The van der Waals surface area contributed by atoms with E-state index >= 15 is 0 Å². The van der Waals surface area contributed by atoms with Crippen molar-refractivity contribution < 1.29 is 4.74 Å². The number of nitrogens with zero attached hydrogens (tertiary/aromatic N) is 1. The van der Waals surface area contributed by atoms with Gasteiger partial charge in [-0.15, -0.1) is 0 Å².